The van der Waals surface area contributed by atoms with Gasteiger partial charge in [0, 0.05) is 30.6 Å². The molecule has 0 atom stereocenters. The van der Waals surface area contributed by atoms with Crippen molar-refractivity contribution >= 4 is 32.6 Å². The van der Waals surface area contributed by atoms with E-state index in [4.69, 9.17) is 9.51 Å². The zero-order chi connectivity index (χ0) is 21.0. The third-order valence-electron chi connectivity index (χ3n) is 4.90. The minimum atomic E-state index is -0.242. The second-order valence-corrected chi connectivity index (χ2v) is 7.98. The average Bonchev–Trinajstić information content (AvgIpc) is 3.48. The zero-order valence-corrected chi connectivity index (χ0v) is 17.3. The van der Waals surface area contributed by atoms with E-state index in [0.29, 0.717) is 23.9 Å². The molecule has 152 valence electrons. The number of pyridine rings is 1. The molecule has 3 heterocycles. The van der Waals surface area contributed by atoms with Crippen molar-refractivity contribution in [1.82, 2.24) is 15.1 Å². The molecule has 3 aromatic heterocycles. The van der Waals surface area contributed by atoms with E-state index in [1.54, 1.807) is 23.4 Å². The molecular formula is C24H18N4O2S. The second-order valence-electron chi connectivity index (χ2n) is 6.97. The lowest BCUT2D eigenvalue weighted by molar-refractivity contribution is 0.0978. The highest BCUT2D eigenvalue weighted by Crippen LogP contribution is 2.30. The summed E-state index contributed by atoms with van der Waals surface area (Å²) in [7, 11) is 0. The molecule has 31 heavy (non-hydrogen) atoms. The van der Waals surface area contributed by atoms with Gasteiger partial charge >= 0.3 is 0 Å². The first-order valence-electron chi connectivity index (χ1n) is 9.86. The number of hydrogen-bond acceptors (Lipinski definition) is 6. The third kappa shape index (κ3) is 4.08. The molecule has 0 N–H and O–H groups in total. The summed E-state index contributed by atoms with van der Waals surface area (Å²) in [5.74, 6) is 0.262. The Hall–Kier alpha value is -3.84. The van der Waals surface area contributed by atoms with E-state index in [9.17, 15) is 4.79 Å². The summed E-state index contributed by atoms with van der Waals surface area (Å²) in [6.45, 7) is 0.484. The second kappa shape index (κ2) is 8.49. The van der Waals surface area contributed by atoms with Crippen LogP contribution in [0.15, 0.2) is 89.7 Å². The highest BCUT2D eigenvalue weighted by Gasteiger charge is 2.24. The first-order valence-corrected chi connectivity index (χ1v) is 10.7. The van der Waals surface area contributed by atoms with Crippen LogP contribution >= 0.6 is 11.3 Å². The van der Waals surface area contributed by atoms with Crippen molar-refractivity contribution in [3.63, 3.8) is 0 Å². The number of rotatable bonds is 6. The van der Waals surface area contributed by atoms with Gasteiger partial charge in [0.05, 0.1) is 10.2 Å². The summed E-state index contributed by atoms with van der Waals surface area (Å²) >= 11 is 1.49. The van der Waals surface area contributed by atoms with E-state index in [1.807, 2.05) is 54.6 Å². The van der Waals surface area contributed by atoms with E-state index in [-0.39, 0.29) is 11.6 Å². The maximum atomic E-state index is 13.4. The van der Waals surface area contributed by atoms with Gasteiger partial charge in [-0.05, 0) is 36.2 Å². The fraction of sp³-hybridized carbons (Fsp3) is 0.0833. The Morgan fingerprint density at radius 3 is 2.65 bits per heavy atom. The fourth-order valence-electron chi connectivity index (χ4n) is 3.30. The van der Waals surface area contributed by atoms with Gasteiger partial charge in [0.15, 0.2) is 16.6 Å². The van der Waals surface area contributed by atoms with Gasteiger partial charge in [0.25, 0.3) is 5.91 Å². The van der Waals surface area contributed by atoms with Crippen molar-refractivity contribution in [1.29, 1.82) is 0 Å². The first kappa shape index (κ1) is 19.1. The van der Waals surface area contributed by atoms with Gasteiger partial charge in [-0.15, -0.1) is 0 Å². The molecule has 0 aliphatic rings. The number of amides is 1. The molecule has 5 aromatic rings. The van der Waals surface area contributed by atoms with Crippen LogP contribution in [0.1, 0.15) is 16.1 Å². The lowest BCUT2D eigenvalue weighted by Gasteiger charge is -2.18. The Balaban J connectivity index is 1.47. The number of fused-ring (bicyclic) bond motifs is 1. The Morgan fingerprint density at radius 2 is 1.84 bits per heavy atom. The predicted octanol–water partition coefficient (Wildman–Crippen LogP) is 5.24. The van der Waals surface area contributed by atoms with Gasteiger partial charge in [0.1, 0.15) is 0 Å². The Kier molecular flexibility index (Phi) is 5.24. The van der Waals surface area contributed by atoms with Gasteiger partial charge in [-0.1, -0.05) is 59.0 Å². The van der Waals surface area contributed by atoms with Crippen LogP contribution in [0.5, 0.6) is 0 Å². The van der Waals surface area contributed by atoms with Crippen molar-refractivity contribution < 1.29 is 9.32 Å². The molecule has 0 saturated heterocycles. The number of para-hydroxylation sites is 1. The van der Waals surface area contributed by atoms with Crippen LogP contribution in [-0.2, 0) is 6.42 Å². The first-order chi connectivity index (χ1) is 15.3. The minimum Gasteiger partial charge on any atom is -0.355 e. The standard InChI is InChI=1S/C24H18N4O2S/c29-23(20-15-21(30-27-20)18-9-6-13-25-16-18)28(14-12-17-7-2-1-3-8-17)24-26-19-10-4-5-11-22(19)31-24/h1-11,13,15-16H,12,14H2. The third-order valence-corrected chi connectivity index (χ3v) is 5.96. The fourth-order valence-corrected chi connectivity index (χ4v) is 4.29. The van der Waals surface area contributed by atoms with Gasteiger partial charge < -0.3 is 4.52 Å². The highest BCUT2D eigenvalue weighted by atomic mass is 32.1. The van der Waals surface area contributed by atoms with E-state index >= 15 is 0 Å². The summed E-state index contributed by atoms with van der Waals surface area (Å²) in [5, 5.41) is 4.68. The molecule has 0 aliphatic heterocycles. The smallest absolute Gasteiger partial charge is 0.282 e. The van der Waals surface area contributed by atoms with Gasteiger partial charge in [-0.3, -0.25) is 14.7 Å². The summed E-state index contributed by atoms with van der Waals surface area (Å²) in [6.07, 6.45) is 4.07. The number of benzene rings is 2. The van der Waals surface area contributed by atoms with E-state index < -0.39 is 0 Å². The monoisotopic (exact) mass is 426 g/mol. The molecule has 1 amide bonds. The van der Waals surface area contributed by atoms with Gasteiger partial charge in [-0.2, -0.15) is 0 Å². The maximum Gasteiger partial charge on any atom is 0.282 e. The van der Waals surface area contributed by atoms with Crippen LogP contribution in [0, 0.1) is 0 Å². The molecule has 0 unspecified atom stereocenters. The Labute approximate surface area is 182 Å². The molecule has 0 fully saturated rings. The molecule has 7 heteroatoms. The molecule has 2 aromatic carbocycles. The Morgan fingerprint density at radius 1 is 1.00 bits per heavy atom. The molecule has 0 aliphatic carbocycles. The van der Waals surface area contributed by atoms with Crippen LogP contribution in [0.3, 0.4) is 0 Å². The number of carbonyl (C=O) groups excluding carboxylic acids is 1. The summed E-state index contributed by atoms with van der Waals surface area (Å²) in [4.78, 5) is 23.9. The molecule has 0 radical (unpaired) electrons. The van der Waals surface area contributed by atoms with Crippen molar-refractivity contribution in [2.45, 2.75) is 6.42 Å². The number of carbonyl (C=O) groups is 1. The normalized spacial score (nSPS) is 11.0. The van der Waals surface area contributed by atoms with Gasteiger partial charge in [-0.25, -0.2) is 4.98 Å². The summed E-state index contributed by atoms with van der Waals surface area (Å²) in [5.41, 5.74) is 3.03. The number of anilines is 1. The summed E-state index contributed by atoms with van der Waals surface area (Å²) < 4.78 is 6.46. The van der Waals surface area contributed by atoms with E-state index in [2.05, 4.69) is 22.3 Å². The average molecular weight is 427 g/mol. The predicted molar refractivity (Wildman–Crippen MR) is 121 cm³/mol. The number of nitrogens with zero attached hydrogens (tertiary/aromatic N) is 4. The largest absolute Gasteiger partial charge is 0.355 e. The molecule has 0 saturated carbocycles. The lowest BCUT2D eigenvalue weighted by Crippen LogP contribution is -2.33. The molecule has 6 nitrogen and oxygen atoms in total. The highest BCUT2D eigenvalue weighted by molar-refractivity contribution is 7.22. The molecule has 0 spiro atoms. The molecule has 0 bridgehead atoms. The van der Waals surface area contributed by atoms with Crippen LogP contribution in [0.4, 0.5) is 5.13 Å². The molecular weight excluding hydrogens is 408 g/mol. The van der Waals surface area contributed by atoms with E-state index in [1.165, 1.54) is 11.3 Å². The van der Waals surface area contributed by atoms with Crippen LogP contribution in [0.2, 0.25) is 0 Å². The van der Waals surface area contributed by atoms with Gasteiger partial charge in [0.2, 0.25) is 0 Å². The zero-order valence-electron chi connectivity index (χ0n) is 16.5. The van der Waals surface area contributed by atoms with Crippen molar-refractivity contribution in [2.75, 3.05) is 11.4 Å². The number of thiazole rings is 1. The van der Waals surface area contributed by atoms with Crippen molar-refractivity contribution in [3.05, 3.63) is 96.4 Å². The quantitative estimate of drug-likeness (QED) is 0.371. The lowest BCUT2D eigenvalue weighted by atomic mass is 10.1. The maximum absolute atomic E-state index is 13.4. The van der Waals surface area contributed by atoms with Crippen LogP contribution in [0.25, 0.3) is 21.5 Å². The topological polar surface area (TPSA) is 72.1 Å². The summed E-state index contributed by atoms with van der Waals surface area (Å²) in [6, 6.07) is 23.3. The van der Waals surface area contributed by atoms with Crippen LogP contribution in [-0.4, -0.2) is 27.6 Å². The van der Waals surface area contributed by atoms with E-state index in [0.717, 1.165) is 21.3 Å². The number of hydrogen-bond donors (Lipinski definition) is 0. The van der Waals surface area contributed by atoms with Crippen LogP contribution < -0.4 is 4.90 Å². The van der Waals surface area contributed by atoms with Crippen molar-refractivity contribution in [2.24, 2.45) is 0 Å². The Bertz CT molecular complexity index is 1280. The van der Waals surface area contributed by atoms with Crippen molar-refractivity contribution in [3.8, 4) is 11.3 Å². The molecule has 5 rings (SSSR count). The number of aromatic nitrogens is 3. The SMILES string of the molecule is O=C(c1cc(-c2cccnc2)on1)N(CCc1ccccc1)c1nc2ccccc2s1. The minimum absolute atomic E-state index is 0.242.